The minimum Gasteiger partial charge on any atom is -0.429 e. The molecule has 2 N–H and O–H groups in total. The number of hydrogen-bond acceptors (Lipinski definition) is 2. The molecular weight excluding hydrogens is 163 g/mol. The molecule has 0 aromatic heterocycles. The summed E-state index contributed by atoms with van der Waals surface area (Å²) in [6.45, 7) is 6.77. The van der Waals surface area contributed by atoms with Crippen LogP contribution in [-0.2, 0) is 5.41 Å². The number of benzene rings is 1. The molecule has 3 rings (SSSR count). The van der Waals surface area contributed by atoms with Crippen LogP contribution in [0.25, 0.3) is 0 Å². The van der Waals surface area contributed by atoms with E-state index in [0.29, 0.717) is 5.41 Å². The van der Waals surface area contributed by atoms with Crippen LogP contribution in [0.5, 0.6) is 0 Å². The largest absolute Gasteiger partial charge is 0.482 e. The van der Waals surface area contributed by atoms with Crippen molar-refractivity contribution in [3.05, 3.63) is 34.9 Å². The first-order valence-corrected chi connectivity index (χ1v) is 4.26. The number of rotatable bonds is 0. The molecule has 1 aromatic rings. The molecule has 2 aliphatic rings. The molecule has 0 atom stereocenters. The van der Waals surface area contributed by atoms with Crippen molar-refractivity contribution in [2.75, 3.05) is 0 Å². The molecule has 2 aliphatic carbocycles. The summed E-state index contributed by atoms with van der Waals surface area (Å²) in [5.74, 6) is 0. The van der Waals surface area contributed by atoms with Crippen molar-refractivity contribution in [3.63, 3.8) is 0 Å². The third kappa shape index (κ3) is 1.49. The van der Waals surface area contributed by atoms with E-state index >= 15 is 0 Å². The monoisotopic (exact) mass is 177 g/mol. The quantitative estimate of drug-likeness (QED) is 0.583. The molecule has 0 spiro atoms. The third-order valence-corrected chi connectivity index (χ3v) is 2.68. The fraction of sp³-hybridized carbons (Fsp3) is 0.400. The van der Waals surface area contributed by atoms with Gasteiger partial charge in [0.2, 0.25) is 0 Å². The van der Waals surface area contributed by atoms with Crippen LogP contribution in [0, 0.1) is 6.92 Å². The Kier molecular flexibility index (Phi) is 2.79. The van der Waals surface area contributed by atoms with E-state index < -0.39 is 0 Å². The molecule has 69 valence electrons. The van der Waals surface area contributed by atoms with Crippen molar-refractivity contribution in [3.8, 4) is 0 Å². The lowest BCUT2D eigenvalue weighted by Gasteiger charge is -2.39. The zero-order chi connectivity index (χ0) is 10.1. The molecule has 2 nitrogen and oxygen atoms in total. The molecular formula is C10H14BO2. The van der Waals surface area contributed by atoms with E-state index in [-0.39, 0.29) is 7.69 Å². The highest BCUT2D eigenvalue weighted by Gasteiger charge is 2.35. The molecule has 3 heteroatoms. The summed E-state index contributed by atoms with van der Waals surface area (Å²) in [5.41, 5.74) is 4.89. The first kappa shape index (κ1) is 10.3. The first-order chi connectivity index (χ1) is 6.05. The van der Waals surface area contributed by atoms with E-state index in [1.807, 2.05) is 0 Å². The lowest BCUT2D eigenvalue weighted by Crippen LogP contribution is -2.30. The highest BCUT2D eigenvalue weighted by Crippen LogP contribution is 2.44. The molecule has 0 saturated carbocycles. The Morgan fingerprint density at radius 2 is 1.54 bits per heavy atom. The Balaban J connectivity index is 0.000000251. The highest BCUT2D eigenvalue weighted by atomic mass is 16.4. The third-order valence-electron chi connectivity index (χ3n) is 2.68. The normalized spacial score (nSPS) is 15.2. The minimum absolute atomic E-state index is 0. The Morgan fingerprint density at radius 3 is 1.69 bits per heavy atom. The van der Waals surface area contributed by atoms with Gasteiger partial charge in [-0.2, -0.15) is 0 Å². The second-order valence-electron chi connectivity index (χ2n) is 3.72. The van der Waals surface area contributed by atoms with E-state index in [0.717, 1.165) is 0 Å². The van der Waals surface area contributed by atoms with Gasteiger partial charge in [-0.1, -0.05) is 32.0 Å². The molecule has 0 amide bonds. The summed E-state index contributed by atoms with van der Waals surface area (Å²) in [6.07, 6.45) is 0. The van der Waals surface area contributed by atoms with E-state index in [2.05, 4.69) is 39.0 Å². The van der Waals surface area contributed by atoms with Crippen molar-refractivity contribution < 1.29 is 10.0 Å². The lowest BCUT2D eigenvalue weighted by molar-refractivity contribution is 0.448. The van der Waals surface area contributed by atoms with Gasteiger partial charge in [0.25, 0.3) is 0 Å². The second kappa shape index (κ2) is 3.52. The van der Waals surface area contributed by atoms with E-state index in [9.17, 15) is 0 Å². The van der Waals surface area contributed by atoms with Gasteiger partial charge in [-0.25, -0.2) is 0 Å². The van der Waals surface area contributed by atoms with Crippen LogP contribution in [0.2, 0.25) is 0 Å². The fourth-order valence-electron chi connectivity index (χ4n) is 2.07. The van der Waals surface area contributed by atoms with Crippen LogP contribution in [0.1, 0.15) is 30.5 Å². The predicted molar refractivity (Wildman–Crippen MR) is 53.5 cm³/mol. The van der Waals surface area contributed by atoms with Gasteiger partial charge >= 0.3 is 7.69 Å². The maximum Gasteiger partial charge on any atom is 0.482 e. The van der Waals surface area contributed by atoms with Gasteiger partial charge in [-0.15, -0.1) is 0 Å². The first-order valence-electron chi connectivity index (χ1n) is 4.26. The van der Waals surface area contributed by atoms with Gasteiger partial charge in [0.15, 0.2) is 0 Å². The van der Waals surface area contributed by atoms with Crippen LogP contribution in [0.4, 0.5) is 0 Å². The molecule has 0 unspecified atom stereocenters. The number of aryl methyl sites for hydroxylation is 1. The maximum atomic E-state index is 7.00. The summed E-state index contributed by atoms with van der Waals surface area (Å²) in [4.78, 5) is 0. The average Bonchev–Trinajstić information content (AvgIpc) is 2.06. The van der Waals surface area contributed by atoms with E-state index in [4.69, 9.17) is 10.0 Å². The molecule has 0 aliphatic heterocycles. The molecule has 13 heavy (non-hydrogen) atoms. The average molecular weight is 177 g/mol. The highest BCUT2D eigenvalue weighted by molar-refractivity contribution is 6.13. The van der Waals surface area contributed by atoms with Gasteiger partial charge < -0.3 is 10.0 Å². The van der Waals surface area contributed by atoms with Gasteiger partial charge in [0.1, 0.15) is 0 Å². The Bertz CT molecular complexity index is 284. The van der Waals surface area contributed by atoms with Crippen molar-refractivity contribution in [1.82, 2.24) is 0 Å². The van der Waals surface area contributed by atoms with E-state index in [1.54, 1.807) is 0 Å². The van der Waals surface area contributed by atoms with E-state index in [1.165, 1.54) is 16.7 Å². The summed E-state index contributed by atoms with van der Waals surface area (Å²) >= 11 is 0. The zero-order valence-electron chi connectivity index (χ0n) is 8.20. The maximum absolute atomic E-state index is 7.00. The predicted octanol–water partition coefficient (Wildman–Crippen LogP) is 1.14. The van der Waals surface area contributed by atoms with Crippen LogP contribution in [0.3, 0.4) is 0 Å². The van der Waals surface area contributed by atoms with Crippen molar-refractivity contribution >= 4 is 7.69 Å². The summed E-state index contributed by atoms with van der Waals surface area (Å²) in [7, 11) is 0. The Hall–Kier alpha value is -0.795. The zero-order valence-corrected chi connectivity index (χ0v) is 8.20. The summed E-state index contributed by atoms with van der Waals surface area (Å²) in [6, 6.07) is 6.59. The molecule has 0 heterocycles. The fourth-order valence-corrected chi connectivity index (χ4v) is 2.07. The minimum atomic E-state index is 0. The van der Waals surface area contributed by atoms with Crippen LogP contribution >= 0.6 is 0 Å². The van der Waals surface area contributed by atoms with Crippen LogP contribution in [-0.4, -0.2) is 17.7 Å². The molecule has 2 bridgehead atoms. The Morgan fingerprint density at radius 1 is 1.15 bits per heavy atom. The van der Waals surface area contributed by atoms with Crippen molar-refractivity contribution in [2.24, 2.45) is 0 Å². The topological polar surface area (TPSA) is 40.5 Å². The lowest BCUT2D eigenvalue weighted by atomic mass is 9.64. The molecule has 0 fully saturated rings. The summed E-state index contributed by atoms with van der Waals surface area (Å²) in [5, 5.41) is 14.0. The van der Waals surface area contributed by atoms with Gasteiger partial charge in [-0.3, -0.25) is 0 Å². The van der Waals surface area contributed by atoms with Crippen LogP contribution in [0.15, 0.2) is 18.2 Å². The molecule has 1 radical (unpaired) electrons. The van der Waals surface area contributed by atoms with Crippen molar-refractivity contribution in [1.29, 1.82) is 0 Å². The SMILES string of the molecule is Cc1c2cccc1C2(C)C.O[B]O. The van der Waals surface area contributed by atoms with Gasteiger partial charge in [0, 0.05) is 5.41 Å². The second-order valence-corrected chi connectivity index (χ2v) is 3.72. The number of hydrogen-bond donors (Lipinski definition) is 2. The van der Waals surface area contributed by atoms with Gasteiger partial charge in [0.05, 0.1) is 0 Å². The standard InChI is InChI=1S/C10H12.BH2O2/c1-7-8-5-4-6-9(7)10(8,2)3;2-1-3/h4-6H,1-3H3;2-3H. The van der Waals surface area contributed by atoms with Gasteiger partial charge in [-0.05, 0) is 23.6 Å². The molecule has 0 saturated heterocycles. The summed E-state index contributed by atoms with van der Waals surface area (Å²) < 4.78 is 0. The number of fused-ring (bicyclic) bond motifs is 2. The molecule has 1 aromatic carbocycles. The van der Waals surface area contributed by atoms with Crippen molar-refractivity contribution in [2.45, 2.75) is 26.2 Å². The Labute approximate surface area is 79.5 Å². The smallest absolute Gasteiger partial charge is 0.429 e. The van der Waals surface area contributed by atoms with Crippen LogP contribution < -0.4 is 0 Å².